The van der Waals surface area contributed by atoms with Gasteiger partial charge in [0.05, 0.1) is 65.9 Å². The molecule has 2 aliphatic heterocycles. The Morgan fingerprint density at radius 2 is 1.19 bits per heavy atom. The predicted octanol–water partition coefficient (Wildman–Crippen LogP) is -3.01. The highest BCUT2D eigenvalue weighted by Crippen LogP contribution is 2.08. The van der Waals surface area contributed by atoms with E-state index in [4.69, 9.17) is 24.1 Å². The van der Waals surface area contributed by atoms with Gasteiger partial charge in [-0.05, 0) is 0 Å². The van der Waals surface area contributed by atoms with Crippen LogP contribution in [0.1, 0.15) is 0 Å². The standard InChI is InChI=1S/C15H23N3O8/c19-4-1-16-13(20)17(2-5-23-7-11-9-25-11)15(22)18(14(16)21)3-6-24-8-12-10-26-12/h11-12,19H,1-10H2/t11-,12?/m1/s1. The molecular formula is C15H23N3O8. The van der Waals surface area contributed by atoms with Crippen molar-refractivity contribution in [2.45, 2.75) is 31.8 Å². The van der Waals surface area contributed by atoms with Crippen LogP contribution in [0.5, 0.6) is 0 Å². The molecule has 0 aliphatic carbocycles. The van der Waals surface area contributed by atoms with Gasteiger partial charge in [0.1, 0.15) is 12.2 Å². The molecule has 2 atom stereocenters. The first-order valence-corrected chi connectivity index (χ1v) is 8.56. The van der Waals surface area contributed by atoms with Crippen molar-refractivity contribution in [1.29, 1.82) is 0 Å². The van der Waals surface area contributed by atoms with Crippen molar-refractivity contribution in [2.24, 2.45) is 0 Å². The Morgan fingerprint density at radius 1 is 0.808 bits per heavy atom. The molecule has 26 heavy (non-hydrogen) atoms. The summed E-state index contributed by atoms with van der Waals surface area (Å²) in [6.45, 7) is 1.82. The number of aliphatic hydroxyl groups is 1. The fourth-order valence-electron chi connectivity index (χ4n) is 2.43. The van der Waals surface area contributed by atoms with Crippen LogP contribution in [0.2, 0.25) is 0 Å². The zero-order chi connectivity index (χ0) is 18.5. The van der Waals surface area contributed by atoms with Crippen molar-refractivity contribution in [3.05, 3.63) is 31.5 Å². The molecule has 2 saturated heterocycles. The van der Waals surface area contributed by atoms with E-state index in [1.54, 1.807) is 0 Å². The molecule has 1 unspecified atom stereocenters. The molecule has 1 N–H and O–H groups in total. The Labute approximate surface area is 148 Å². The minimum atomic E-state index is -0.760. The second-order valence-corrected chi connectivity index (χ2v) is 6.09. The SMILES string of the molecule is O=c1n(CCO)c(=O)n(CCOC[C@@H]2CO2)c(=O)n1CCOCC1CO1. The molecule has 11 nitrogen and oxygen atoms in total. The number of aliphatic hydroxyl groups excluding tert-OH is 1. The molecule has 146 valence electrons. The maximum absolute atomic E-state index is 12.5. The lowest BCUT2D eigenvalue weighted by Gasteiger charge is -2.13. The lowest BCUT2D eigenvalue weighted by Crippen LogP contribution is -2.55. The fourth-order valence-corrected chi connectivity index (χ4v) is 2.43. The lowest BCUT2D eigenvalue weighted by atomic mass is 10.5. The summed E-state index contributed by atoms with van der Waals surface area (Å²) in [5.41, 5.74) is -2.24. The molecule has 1 aromatic rings. The fraction of sp³-hybridized carbons (Fsp3) is 0.800. The van der Waals surface area contributed by atoms with E-state index < -0.39 is 23.7 Å². The molecule has 0 radical (unpaired) electrons. The zero-order valence-corrected chi connectivity index (χ0v) is 14.4. The molecule has 0 amide bonds. The molecule has 1 aromatic heterocycles. The third-order valence-electron chi connectivity index (χ3n) is 4.04. The first-order valence-electron chi connectivity index (χ1n) is 8.56. The highest BCUT2D eigenvalue weighted by molar-refractivity contribution is 4.79. The van der Waals surface area contributed by atoms with Crippen LogP contribution in [0.3, 0.4) is 0 Å². The van der Waals surface area contributed by atoms with Gasteiger partial charge in [-0.25, -0.2) is 28.1 Å². The predicted molar refractivity (Wildman–Crippen MR) is 87.4 cm³/mol. The smallest absolute Gasteiger partial charge is 0.336 e. The summed E-state index contributed by atoms with van der Waals surface area (Å²) in [5.74, 6) is 0. The van der Waals surface area contributed by atoms with Gasteiger partial charge in [0.25, 0.3) is 0 Å². The highest BCUT2D eigenvalue weighted by atomic mass is 16.6. The maximum atomic E-state index is 12.5. The summed E-state index contributed by atoms with van der Waals surface area (Å²) in [7, 11) is 0. The number of hydrogen-bond acceptors (Lipinski definition) is 8. The summed E-state index contributed by atoms with van der Waals surface area (Å²) in [6, 6.07) is 0. The van der Waals surface area contributed by atoms with Crippen LogP contribution in [-0.2, 0) is 38.6 Å². The van der Waals surface area contributed by atoms with Gasteiger partial charge in [0.2, 0.25) is 0 Å². The molecule has 11 heteroatoms. The van der Waals surface area contributed by atoms with Gasteiger partial charge in [0, 0.05) is 0 Å². The molecule has 2 fully saturated rings. The van der Waals surface area contributed by atoms with E-state index in [-0.39, 0.29) is 45.1 Å². The van der Waals surface area contributed by atoms with E-state index in [2.05, 4.69) is 0 Å². The van der Waals surface area contributed by atoms with Crippen LogP contribution in [-0.4, -0.2) is 77.3 Å². The quantitative estimate of drug-likeness (QED) is 0.303. The second-order valence-electron chi connectivity index (χ2n) is 6.09. The molecule has 0 spiro atoms. The normalized spacial score (nSPS) is 21.1. The largest absolute Gasteiger partial charge is 0.395 e. The van der Waals surface area contributed by atoms with E-state index in [0.29, 0.717) is 26.4 Å². The highest BCUT2D eigenvalue weighted by Gasteiger charge is 2.23. The summed E-state index contributed by atoms with van der Waals surface area (Å²) >= 11 is 0. The van der Waals surface area contributed by atoms with E-state index in [9.17, 15) is 14.4 Å². The van der Waals surface area contributed by atoms with Crippen molar-refractivity contribution >= 4 is 0 Å². The molecular weight excluding hydrogens is 350 g/mol. The van der Waals surface area contributed by atoms with Crippen molar-refractivity contribution in [3.63, 3.8) is 0 Å². The average molecular weight is 373 g/mol. The zero-order valence-electron chi connectivity index (χ0n) is 14.4. The molecule has 0 aromatic carbocycles. The Bertz CT molecular complexity index is 716. The van der Waals surface area contributed by atoms with E-state index >= 15 is 0 Å². The number of ether oxygens (including phenoxy) is 4. The van der Waals surface area contributed by atoms with E-state index in [0.717, 1.165) is 13.7 Å². The van der Waals surface area contributed by atoms with Gasteiger partial charge >= 0.3 is 17.1 Å². The topological polar surface area (TPSA) is 130 Å². The van der Waals surface area contributed by atoms with Gasteiger partial charge in [0.15, 0.2) is 0 Å². The third kappa shape index (κ3) is 4.89. The number of hydrogen-bond donors (Lipinski definition) is 1. The van der Waals surface area contributed by atoms with Gasteiger partial charge in [-0.15, -0.1) is 0 Å². The van der Waals surface area contributed by atoms with Crippen molar-refractivity contribution < 1.29 is 24.1 Å². The van der Waals surface area contributed by atoms with Gasteiger partial charge < -0.3 is 24.1 Å². The van der Waals surface area contributed by atoms with Crippen molar-refractivity contribution in [3.8, 4) is 0 Å². The monoisotopic (exact) mass is 373 g/mol. The lowest BCUT2D eigenvalue weighted by molar-refractivity contribution is 0.102. The van der Waals surface area contributed by atoms with Crippen LogP contribution in [0.25, 0.3) is 0 Å². The van der Waals surface area contributed by atoms with Crippen molar-refractivity contribution in [1.82, 2.24) is 13.7 Å². The molecule has 0 bridgehead atoms. The summed E-state index contributed by atoms with van der Waals surface area (Å²) in [6.07, 6.45) is 0.165. The van der Waals surface area contributed by atoms with Crippen LogP contribution < -0.4 is 17.1 Å². The Balaban J connectivity index is 1.72. The van der Waals surface area contributed by atoms with E-state index in [1.165, 1.54) is 0 Å². The summed E-state index contributed by atoms with van der Waals surface area (Å²) < 4.78 is 23.5. The average Bonchev–Trinajstić information content (AvgIpc) is 3.52. The molecule has 3 rings (SSSR count). The minimum Gasteiger partial charge on any atom is -0.395 e. The third-order valence-corrected chi connectivity index (χ3v) is 4.04. The summed E-state index contributed by atoms with van der Waals surface area (Å²) in [5, 5.41) is 9.11. The number of epoxide rings is 2. The summed E-state index contributed by atoms with van der Waals surface area (Å²) in [4.78, 5) is 37.3. The van der Waals surface area contributed by atoms with Crippen LogP contribution in [0, 0.1) is 0 Å². The first-order chi connectivity index (χ1) is 12.6. The van der Waals surface area contributed by atoms with Gasteiger partial charge in [-0.2, -0.15) is 0 Å². The minimum absolute atomic E-state index is 0.00681. The van der Waals surface area contributed by atoms with Crippen LogP contribution in [0.4, 0.5) is 0 Å². The second kappa shape index (κ2) is 8.73. The van der Waals surface area contributed by atoms with Crippen LogP contribution in [0.15, 0.2) is 14.4 Å². The number of rotatable bonds is 12. The van der Waals surface area contributed by atoms with Gasteiger partial charge in [-0.3, -0.25) is 0 Å². The van der Waals surface area contributed by atoms with E-state index in [1.807, 2.05) is 0 Å². The van der Waals surface area contributed by atoms with Crippen LogP contribution >= 0.6 is 0 Å². The Hall–Kier alpha value is -1.79. The molecule has 3 heterocycles. The molecule has 0 saturated carbocycles. The Kier molecular flexibility index (Phi) is 6.38. The molecule has 2 aliphatic rings. The van der Waals surface area contributed by atoms with Crippen molar-refractivity contribution in [2.75, 3.05) is 46.2 Å². The number of aromatic nitrogens is 3. The van der Waals surface area contributed by atoms with Gasteiger partial charge in [-0.1, -0.05) is 0 Å². The maximum Gasteiger partial charge on any atom is 0.336 e. The first kappa shape index (κ1) is 19.0. The number of nitrogens with zero attached hydrogens (tertiary/aromatic N) is 3. The Morgan fingerprint density at radius 3 is 1.54 bits per heavy atom.